The maximum absolute atomic E-state index is 12.1. The molecular weight excluding hydrogens is 310 g/mol. The lowest BCUT2D eigenvalue weighted by Gasteiger charge is -2.31. The van der Waals surface area contributed by atoms with Gasteiger partial charge in [0.05, 0.1) is 17.2 Å². The molecular formula is C17H19N3O2S. The first kappa shape index (κ1) is 14.7. The lowest BCUT2D eigenvalue weighted by atomic mass is 10.0. The fourth-order valence-corrected chi connectivity index (χ4v) is 3.89. The van der Waals surface area contributed by atoms with E-state index in [1.54, 1.807) is 16.8 Å². The number of rotatable bonds is 4. The molecule has 1 amide bonds. The third-order valence-corrected chi connectivity index (χ3v) is 5.16. The Balaban J connectivity index is 1.44. The molecule has 3 heterocycles. The van der Waals surface area contributed by atoms with E-state index in [1.807, 2.05) is 29.6 Å². The fraction of sp³-hybridized carbons (Fsp3) is 0.412. The van der Waals surface area contributed by atoms with Crippen molar-refractivity contribution in [3.8, 4) is 5.75 Å². The summed E-state index contributed by atoms with van der Waals surface area (Å²) >= 11 is 1.57. The number of carbonyl (C=O) groups is 1. The summed E-state index contributed by atoms with van der Waals surface area (Å²) in [6.07, 6.45) is 3.28. The summed E-state index contributed by atoms with van der Waals surface area (Å²) in [6.45, 7) is 1.47. The number of piperidine rings is 1. The summed E-state index contributed by atoms with van der Waals surface area (Å²) in [7, 11) is 0. The quantitative estimate of drug-likeness (QED) is 0.937. The maximum Gasteiger partial charge on any atom is 0.238 e. The van der Waals surface area contributed by atoms with Crippen LogP contribution in [-0.4, -0.2) is 28.4 Å². The smallest absolute Gasteiger partial charge is 0.238 e. The monoisotopic (exact) mass is 329 g/mol. The highest BCUT2D eigenvalue weighted by Gasteiger charge is 2.41. The molecule has 1 N–H and O–H groups in total. The van der Waals surface area contributed by atoms with Gasteiger partial charge in [0.15, 0.2) is 0 Å². The number of nitrogens with zero attached hydrogens (tertiary/aromatic N) is 2. The Labute approximate surface area is 139 Å². The highest BCUT2D eigenvalue weighted by molar-refractivity contribution is 7.07. The summed E-state index contributed by atoms with van der Waals surface area (Å²) in [6, 6.07) is 8.06. The average Bonchev–Trinajstić information content (AvgIpc) is 3.22. The van der Waals surface area contributed by atoms with Crippen molar-refractivity contribution in [2.24, 2.45) is 0 Å². The standard InChI is InChI=1S/C17H19N3O2S/c21-17-15-3-1-2-8-20(15)16(19-17)12-4-6-14(7-5-12)22-9-13-10-23-11-18-13/h4-7,10-11,15-16H,1-3,8-9H2,(H,19,21). The van der Waals surface area contributed by atoms with Gasteiger partial charge in [-0.15, -0.1) is 11.3 Å². The van der Waals surface area contributed by atoms with Crippen molar-refractivity contribution in [2.45, 2.75) is 38.1 Å². The van der Waals surface area contributed by atoms with Gasteiger partial charge in [-0.1, -0.05) is 18.6 Å². The Morgan fingerprint density at radius 1 is 1.30 bits per heavy atom. The van der Waals surface area contributed by atoms with Crippen LogP contribution in [0.25, 0.3) is 0 Å². The second-order valence-electron chi connectivity index (χ2n) is 6.00. The predicted octanol–water partition coefficient (Wildman–Crippen LogP) is 2.71. The van der Waals surface area contributed by atoms with Gasteiger partial charge in [-0.25, -0.2) is 4.98 Å². The van der Waals surface area contributed by atoms with Gasteiger partial charge in [-0.3, -0.25) is 9.69 Å². The van der Waals surface area contributed by atoms with Gasteiger partial charge < -0.3 is 10.1 Å². The van der Waals surface area contributed by atoms with Gasteiger partial charge in [0.25, 0.3) is 0 Å². The van der Waals surface area contributed by atoms with E-state index in [-0.39, 0.29) is 18.1 Å². The van der Waals surface area contributed by atoms with Gasteiger partial charge in [-0.05, 0) is 30.5 Å². The van der Waals surface area contributed by atoms with Gasteiger partial charge in [0, 0.05) is 11.9 Å². The molecule has 0 saturated carbocycles. The topological polar surface area (TPSA) is 54.5 Å². The Bertz CT molecular complexity index is 672. The second kappa shape index (κ2) is 6.29. The Hall–Kier alpha value is -1.92. The van der Waals surface area contributed by atoms with E-state index >= 15 is 0 Å². The number of thiazole rings is 1. The highest BCUT2D eigenvalue weighted by Crippen LogP contribution is 2.32. The van der Waals surface area contributed by atoms with Crippen LogP contribution in [0.2, 0.25) is 0 Å². The molecule has 2 unspecified atom stereocenters. The molecule has 2 aromatic rings. The molecule has 1 aromatic heterocycles. The van der Waals surface area contributed by atoms with Gasteiger partial charge in [0.2, 0.25) is 5.91 Å². The molecule has 23 heavy (non-hydrogen) atoms. The molecule has 2 aliphatic heterocycles. The van der Waals surface area contributed by atoms with E-state index in [9.17, 15) is 4.79 Å². The normalized spacial score (nSPS) is 24.3. The molecule has 0 spiro atoms. The number of nitrogens with one attached hydrogen (secondary N) is 1. The molecule has 6 heteroatoms. The number of hydrogen-bond acceptors (Lipinski definition) is 5. The van der Waals surface area contributed by atoms with Gasteiger partial charge in [-0.2, -0.15) is 0 Å². The molecule has 2 atom stereocenters. The first-order valence-electron chi connectivity index (χ1n) is 7.97. The summed E-state index contributed by atoms with van der Waals surface area (Å²) in [5, 5.41) is 5.11. The fourth-order valence-electron chi connectivity index (χ4n) is 3.35. The molecule has 4 rings (SSSR count). The molecule has 2 aliphatic rings. The van der Waals surface area contributed by atoms with Crippen molar-refractivity contribution >= 4 is 17.2 Å². The van der Waals surface area contributed by atoms with Crippen molar-refractivity contribution in [1.29, 1.82) is 0 Å². The zero-order chi connectivity index (χ0) is 15.6. The van der Waals surface area contributed by atoms with Crippen LogP contribution in [0.15, 0.2) is 35.2 Å². The van der Waals surface area contributed by atoms with E-state index in [0.717, 1.165) is 42.8 Å². The summed E-state index contributed by atoms with van der Waals surface area (Å²) < 4.78 is 5.74. The molecule has 2 saturated heterocycles. The second-order valence-corrected chi connectivity index (χ2v) is 6.72. The van der Waals surface area contributed by atoms with Crippen LogP contribution in [-0.2, 0) is 11.4 Å². The van der Waals surface area contributed by atoms with Crippen molar-refractivity contribution in [2.75, 3.05) is 6.54 Å². The van der Waals surface area contributed by atoms with Crippen LogP contribution < -0.4 is 10.1 Å². The molecule has 0 bridgehead atoms. The van der Waals surface area contributed by atoms with Gasteiger partial charge >= 0.3 is 0 Å². The first-order chi connectivity index (χ1) is 11.3. The predicted molar refractivity (Wildman–Crippen MR) is 88.1 cm³/mol. The van der Waals surface area contributed by atoms with E-state index in [4.69, 9.17) is 4.74 Å². The Kier molecular flexibility index (Phi) is 4.01. The van der Waals surface area contributed by atoms with E-state index in [0.29, 0.717) is 6.61 Å². The number of ether oxygens (including phenoxy) is 1. The average molecular weight is 329 g/mol. The number of fused-ring (bicyclic) bond motifs is 1. The van der Waals surface area contributed by atoms with Crippen molar-refractivity contribution in [3.05, 3.63) is 46.4 Å². The van der Waals surface area contributed by atoms with Crippen LogP contribution in [0.1, 0.15) is 36.7 Å². The molecule has 0 aliphatic carbocycles. The van der Waals surface area contributed by atoms with Gasteiger partial charge in [0.1, 0.15) is 18.5 Å². The van der Waals surface area contributed by atoms with Crippen LogP contribution in [0.4, 0.5) is 0 Å². The molecule has 1 aromatic carbocycles. The van der Waals surface area contributed by atoms with Crippen LogP contribution in [0.5, 0.6) is 5.75 Å². The summed E-state index contributed by atoms with van der Waals surface area (Å²) in [5.41, 5.74) is 3.86. The molecule has 120 valence electrons. The minimum absolute atomic E-state index is 0.000361. The maximum atomic E-state index is 12.1. The minimum atomic E-state index is 0.000361. The largest absolute Gasteiger partial charge is 0.487 e. The Morgan fingerprint density at radius 3 is 2.96 bits per heavy atom. The lowest BCUT2D eigenvalue weighted by molar-refractivity contribution is -0.122. The number of carbonyl (C=O) groups excluding carboxylic acids is 1. The highest BCUT2D eigenvalue weighted by atomic mass is 32.1. The lowest BCUT2D eigenvalue weighted by Crippen LogP contribution is -2.38. The number of benzene rings is 1. The van der Waals surface area contributed by atoms with Crippen LogP contribution >= 0.6 is 11.3 Å². The van der Waals surface area contributed by atoms with Crippen molar-refractivity contribution < 1.29 is 9.53 Å². The van der Waals surface area contributed by atoms with Crippen molar-refractivity contribution in [3.63, 3.8) is 0 Å². The summed E-state index contributed by atoms with van der Waals surface area (Å²) in [5.74, 6) is 0.986. The van der Waals surface area contributed by atoms with Crippen LogP contribution in [0.3, 0.4) is 0 Å². The van der Waals surface area contributed by atoms with Crippen molar-refractivity contribution in [1.82, 2.24) is 15.2 Å². The number of amides is 1. The van der Waals surface area contributed by atoms with Crippen LogP contribution in [0, 0.1) is 0 Å². The molecule has 5 nitrogen and oxygen atoms in total. The van der Waals surface area contributed by atoms with E-state index in [1.165, 1.54) is 0 Å². The first-order valence-corrected chi connectivity index (χ1v) is 8.91. The molecule has 2 fully saturated rings. The number of hydrogen-bond donors (Lipinski definition) is 1. The summed E-state index contributed by atoms with van der Waals surface area (Å²) in [4.78, 5) is 18.6. The zero-order valence-electron chi connectivity index (χ0n) is 12.8. The third-order valence-electron chi connectivity index (χ3n) is 4.52. The molecule has 0 radical (unpaired) electrons. The SMILES string of the molecule is O=C1NC(c2ccc(OCc3cscn3)cc2)N2CCCCC12. The third kappa shape index (κ3) is 2.96. The Morgan fingerprint density at radius 2 is 2.17 bits per heavy atom. The minimum Gasteiger partial charge on any atom is -0.487 e. The van der Waals surface area contributed by atoms with E-state index in [2.05, 4.69) is 15.2 Å². The van der Waals surface area contributed by atoms with E-state index < -0.39 is 0 Å². The zero-order valence-corrected chi connectivity index (χ0v) is 13.6. The number of aromatic nitrogens is 1.